The third-order valence-electron chi connectivity index (χ3n) is 6.87. The van der Waals surface area contributed by atoms with Crippen molar-refractivity contribution in [1.82, 2.24) is 9.88 Å². The van der Waals surface area contributed by atoms with E-state index in [1.54, 1.807) is 6.20 Å². The number of hydrogen-bond donors (Lipinski definition) is 1. The number of rotatable bonds is 5. The smallest absolute Gasteiger partial charge is 0.149 e. The van der Waals surface area contributed by atoms with Crippen molar-refractivity contribution in [3.63, 3.8) is 0 Å². The molecule has 0 amide bonds. The monoisotopic (exact) mass is 417 g/mol. The molecule has 5 rings (SSSR count). The quantitative estimate of drug-likeness (QED) is 0.500. The Hall–Kier alpha value is -2.99. The van der Waals surface area contributed by atoms with Crippen LogP contribution in [0.15, 0.2) is 53.7 Å². The van der Waals surface area contributed by atoms with Crippen molar-refractivity contribution in [2.75, 3.05) is 32.1 Å². The molecule has 31 heavy (non-hydrogen) atoms. The lowest BCUT2D eigenvalue weighted by Gasteiger charge is -2.44. The zero-order chi connectivity index (χ0) is 21.8. The largest absolute Gasteiger partial charge is 0.386 e. The van der Waals surface area contributed by atoms with E-state index in [0.29, 0.717) is 17.4 Å². The van der Waals surface area contributed by atoms with Gasteiger partial charge in [-0.25, -0.2) is 9.38 Å². The summed E-state index contributed by atoms with van der Waals surface area (Å²) < 4.78 is 14.3. The molecule has 6 heteroatoms. The minimum Gasteiger partial charge on any atom is -0.386 e. The van der Waals surface area contributed by atoms with Gasteiger partial charge in [-0.05, 0) is 69.3 Å². The summed E-state index contributed by atoms with van der Waals surface area (Å²) in [5, 5.41) is 0.818. The maximum atomic E-state index is 14.3. The van der Waals surface area contributed by atoms with Gasteiger partial charge < -0.3 is 15.5 Å². The molecular formula is C25H28FN5. The Labute approximate surface area is 182 Å². The number of aromatic nitrogens is 1. The van der Waals surface area contributed by atoms with E-state index in [-0.39, 0.29) is 11.2 Å². The third kappa shape index (κ3) is 3.35. The summed E-state index contributed by atoms with van der Waals surface area (Å²) in [6, 6.07) is 14.1. The van der Waals surface area contributed by atoms with E-state index < -0.39 is 0 Å². The molecule has 2 fully saturated rings. The first kappa shape index (κ1) is 19.9. The first-order valence-corrected chi connectivity index (χ1v) is 10.8. The highest BCUT2D eigenvalue weighted by molar-refractivity contribution is 6.00. The van der Waals surface area contributed by atoms with Gasteiger partial charge in [0, 0.05) is 36.4 Å². The van der Waals surface area contributed by atoms with Gasteiger partial charge in [-0.3, -0.25) is 4.98 Å². The summed E-state index contributed by atoms with van der Waals surface area (Å²) in [7, 11) is 4.24. The van der Waals surface area contributed by atoms with Crippen LogP contribution in [-0.2, 0) is 5.41 Å². The normalized spacial score (nSPS) is 18.5. The van der Waals surface area contributed by atoms with E-state index in [4.69, 9.17) is 10.7 Å². The number of likely N-dealkylation sites (N-methyl/N-ethyl adjacent to an activating group) is 1. The molecule has 3 aromatic rings. The van der Waals surface area contributed by atoms with Crippen LogP contribution in [0.5, 0.6) is 0 Å². The second-order valence-corrected chi connectivity index (χ2v) is 9.07. The summed E-state index contributed by atoms with van der Waals surface area (Å²) >= 11 is 0. The number of pyridine rings is 1. The Balaban J connectivity index is 1.48. The summed E-state index contributed by atoms with van der Waals surface area (Å²) in [6.07, 6.45) is 3.44. The molecule has 0 spiro atoms. The van der Waals surface area contributed by atoms with Crippen molar-refractivity contribution in [2.45, 2.75) is 31.2 Å². The zero-order valence-electron chi connectivity index (χ0n) is 18.3. The Morgan fingerprint density at radius 1 is 1.19 bits per heavy atom. The molecule has 1 saturated carbocycles. The fourth-order valence-corrected chi connectivity index (χ4v) is 4.49. The SMILES string of the molecule is Cc1ccc(N2CC(N(C)C)C2)cc1N=C(N)C1(c2ccc(F)c3ncccc23)CC1. The van der Waals surface area contributed by atoms with Crippen molar-refractivity contribution in [1.29, 1.82) is 0 Å². The van der Waals surface area contributed by atoms with Crippen LogP contribution in [0.2, 0.25) is 0 Å². The number of anilines is 1. The predicted molar refractivity (Wildman–Crippen MR) is 125 cm³/mol. The molecule has 2 aromatic carbocycles. The van der Waals surface area contributed by atoms with Gasteiger partial charge in [0.2, 0.25) is 0 Å². The van der Waals surface area contributed by atoms with Crippen LogP contribution in [0.1, 0.15) is 24.0 Å². The number of benzene rings is 2. The Kier molecular flexibility index (Phi) is 4.70. The minimum absolute atomic E-state index is 0.306. The first-order valence-electron chi connectivity index (χ1n) is 10.8. The Bertz CT molecular complexity index is 1180. The lowest BCUT2D eigenvalue weighted by atomic mass is 9.91. The fourth-order valence-electron chi connectivity index (χ4n) is 4.49. The van der Waals surface area contributed by atoms with Gasteiger partial charge in [0.1, 0.15) is 17.2 Å². The molecule has 1 aliphatic carbocycles. The van der Waals surface area contributed by atoms with Crippen LogP contribution in [0.3, 0.4) is 0 Å². The Morgan fingerprint density at radius 3 is 2.68 bits per heavy atom. The number of nitrogens with two attached hydrogens (primary N) is 1. The van der Waals surface area contributed by atoms with Crippen LogP contribution in [0.25, 0.3) is 10.9 Å². The number of hydrogen-bond acceptors (Lipinski definition) is 4. The topological polar surface area (TPSA) is 57.8 Å². The third-order valence-corrected chi connectivity index (χ3v) is 6.87. The standard InChI is InChI=1S/C25H28FN5/c1-16-6-7-17(31-14-18(15-31)30(2)3)13-22(16)29-24(27)25(10-11-25)20-8-9-21(26)23-19(20)5-4-12-28-23/h4-9,12-13,18H,10-11,14-15H2,1-3H3,(H2,27,29). The van der Waals surface area contributed by atoms with Crippen LogP contribution >= 0.6 is 0 Å². The summed E-state index contributed by atoms with van der Waals surface area (Å²) in [6.45, 7) is 4.10. The summed E-state index contributed by atoms with van der Waals surface area (Å²) in [5.41, 5.74) is 10.9. The van der Waals surface area contributed by atoms with E-state index in [1.807, 2.05) is 18.2 Å². The summed E-state index contributed by atoms with van der Waals surface area (Å²) in [5.74, 6) is 0.291. The summed E-state index contributed by atoms with van der Waals surface area (Å²) in [4.78, 5) is 13.8. The second kappa shape index (κ2) is 7.31. The van der Waals surface area contributed by atoms with E-state index in [2.05, 4.69) is 54.0 Å². The molecule has 0 unspecified atom stereocenters. The van der Waals surface area contributed by atoms with E-state index in [0.717, 1.165) is 48.1 Å². The second-order valence-electron chi connectivity index (χ2n) is 9.07. The van der Waals surface area contributed by atoms with Crippen molar-refractivity contribution in [3.05, 3.63) is 65.6 Å². The van der Waals surface area contributed by atoms with Crippen molar-refractivity contribution in [3.8, 4) is 0 Å². The first-order chi connectivity index (χ1) is 14.9. The molecular weight excluding hydrogens is 389 g/mol. The molecule has 0 radical (unpaired) electrons. The van der Waals surface area contributed by atoms with Crippen molar-refractivity contribution in [2.24, 2.45) is 10.7 Å². The fraction of sp³-hybridized carbons (Fsp3) is 0.360. The number of aliphatic imine (C=N–C) groups is 1. The van der Waals surface area contributed by atoms with Gasteiger partial charge in [0.05, 0.1) is 11.1 Å². The predicted octanol–water partition coefficient (Wildman–Crippen LogP) is 4.15. The maximum Gasteiger partial charge on any atom is 0.149 e. The molecule has 0 atom stereocenters. The molecule has 160 valence electrons. The highest BCUT2D eigenvalue weighted by Gasteiger charge is 2.49. The van der Waals surface area contributed by atoms with E-state index in [9.17, 15) is 4.39 Å². The van der Waals surface area contributed by atoms with Gasteiger partial charge in [-0.15, -0.1) is 0 Å². The number of nitrogens with zero attached hydrogens (tertiary/aromatic N) is 4. The van der Waals surface area contributed by atoms with Crippen LogP contribution < -0.4 is 10.6 Å². The van der Waals surface area contributed by atoms with Gasteiger partial charge in [0.25, 0.3) is 0 Å². The highest BCUT2D eigenvalue weighted by Crippen LogP contribution is 2.51. The van der Waals surface area contributed by atoms with Crippen molar-refractivity contribution >= 4 is 28.1 Å². The molecule has 2 heterocycles. The number of amidine groups is 1. The lowest BCUT2D eigenvalue weighted by Crippen LogP contribution is -2.57. The van der Waals surface area contributed by atoms with Gasteiger partial charge >= 0.3 is 0 Å². The minimum atomic E-state index is -0.343. The van der Waals surface area contributed by atoms with Crippen LogP contribution in [0, 0.1) is 12.7 Å². The lowest BCUT2D eigenvalue weighted by molar-refractivity contribution is 0.247. The van der Waals surface area contributed by atoms with Crippen LogP contribution in [-0.4, -0.2) is 48.9 Å². The Morgan fingerprint density at radius 2 is 1.97 bits per heavy atom. The molecule has 2 aliphatic rings. The molecule has 1 aliphatic heterocycles. The number of halogens is 1. The van der Waals surface area contributed by atoms with Gasteiger partial charge in [-0.1, -0.05) is 18.2 Å². The number of fused-ring (bicyclic) bond motifs is 1. The molecule has 2 N–H and O–H groups in total. The number of aryl methyl sites for hydroxylation is 1. The maximum absolute atomic E-state index is 14.3. The van der Waals surface area contributed by atoms with Crippen molar-refractivity contribution < 1.29 is 4.39 Å². The molecule has 1 aromatic heterocycles. The molecule has 1 saturated heterocycles. The van der Waals surface area contributed by atoms with Crippen LogP contribution in [0.4, 0.5) is 15.8 Å². The molecule has 5 nitrogen and oxygen atoms in total. The van der Waals surface area contributed by atoms with E-state index in [1.165, 1.54) is 11.8 Å². The van der Waals surface area contributed by atoms with E-state index >= 15 is 0 Å². The van der Waals surface area contributed by atoms with Gasteiger partial charge in [-0.2, -0.15) is 0 Å². The average Bonchev–Trinajstić information content (AvgIpc) is 3.51. The zero-order valence-corrected chi connectivity index (χ0v) is 18.3. The van der Waals surface area contributed by atoms with Gasteiger partial charge in [0.15, 0.2) is 0 Å². The molecule has 0 bridgehead atoms. The average molecular weight is 418 g/mol. The highest BCUT2D eigenvalue weighted by atomic mass is 19.1.